The Morgan fingerprint density at radius 2 is 1.40 bits per heavy atom. The minimum absolute atomic E-state index is 0.0216. The molecule has 150 valence electrons. The fourth-order valence-electron chi connectivity index (χ4n) is 3.26. The predicted octanol–water partition coefficient (Wildman–Crippen LogP) is 5.70. The smallest absolute Gasteiger partial charge is 0.211 e. The van der Waals surface area contributed by atoms with Gasteiger partial charge in [0.15, 0.2) is 9.84 Å². The molecule has 0 saturated heterocycles. The Morgan fingerprint density at radius 1 is 0.767 bits per heavy atom. The van der Waals surface area contributed by atoms with E-state index in [1.807, 2.05) is 54.6 Å². The van der Waals surface area contributed by atoms with E-state index in [1.165, 1.54) is 18.4 Å². The van der Waals surface area contributed by atoms with Crippen LogP contribution in [0, 0.1) is 0 Å². The van der Waals surface area contributed by atoms with Gasteiger partial charge in [-0.15, -0.1) is 0 Å². The van der Waals surface area contributed by atoms with Gasteiger partial charge < -0.3 is 4.42 Å². The Bertz CT molecular complexity index is 1370. The van der Waals surface area contributed by atoms with Crippen LogP contribution in [0.2, 0.25) is 5.02 Å². The van der Waals surface area contributed by atoms with Crippen LogP contribution in [0.15, 0.2) is 99.2 Å². The molecular formula is C24H17ClO4S. The van der Waals surface area contributed by atoms with E-state index in [2.05, 4.69) is 0 Å². The molecule has 0 amide bonds. The molecule has 0 spiro atoms. The van der Waals surface area contributed by atoms with Crippen LogP contribution in [0.4, 0.5) is 0 Å². The van der Waals surface area contributed by atoms with Crippen molar-refractivity contribution in [3.05, 3.63) is 100 Å². The molecule has 4 aromatic rings. The molecule has 3 aromatic carbocycles. The first-order valence-electron chi connectivity index (χ1n) is 9.12. The molecule has 0 N–H and O–H groups in total. The molecule has 0 saturated carbocycles. The second kappa shape index (κ2) is 7.94. The summed E-state index contributed by atoms with van der Waals surface area (Å²) in [7, 11) is -3.33. The zero-order valence-electron chi connectivity index (χ0n) is 16.0. The zero-order chi connectivity index (χ0) is 21.3. The van der Waals surface area contributed by atoms with Crippen molar-refractivity contribution in [3.63, 3.8) is 0 Å². The van der Waals surface area contributed by atoms with Gasteiger partial charge in [0.05, 0.1) is 10.5 Å². The molecule has 4 nitrogen and oxygen atoms in total. The lowest BCUT2D eigenvalue weighted by Crippen LogP contribution is -2.07. The number of hydrogen-bond acceptors (Lipinski definition) is 4. The molecule has 0 fully saturated rings. The van der Waals surface area contributed by atoms with Crippen molar-refractivity contribution in [1.82, 2.24) is 0 Å². The SMILES string of the molecule is CS(=O)(=O)c1ccc(-c2occ(Cl)c(=O)c2-c2cccc(-c3ccccc3)c2)cc1. The van der Waals surface area contributed by atoms with Gasteiger partial charge in [0.2, 0.25) is 5.43 Å². The summed E-state index contributed by atoms with van der Waals surface area (Å²) in [6.07, 6.45) is 2.35. The van der Waals surface area contributed by atoms with Crippen molar-refractivity contribution in [3.8, 4) is 33.6 Å². The summed E-state index contributed by atoms with van der Waals surface area (Å²) < 4.78 is 29.2. The van der Waals surface area contributed by atoms with Gasteiger partial charge >= 0.3 is 0 Å². The maximum Gasteiger partial charge on any atom is 0.211 e. The standard InChI is InChI=1S/C24H17ClO4S/c1-30(27,28)20-12-10-17(11-13-20)24-22(23(26)21(25)15-29-24)19-9-5-8-18(14-19)16-6-3-2-4-7-16/h2-15H,1H3. The molecule has 0 radical (unpaired) electrons. The topological polar surface area (TPSA) is 64.3 Å². The predicted molar refractivity (Wildman–Crippen MR) is 119 cm³/mol. The molecule has 1 aromatic heterocycles. The molecule has 4 rings (SSSR count). The van der Waals surface area contributed by atoms with Crippen LogP contribution in [-0.2, 0) is 9.84 Å². The molecule has 0 bridgehead atoms. The first-order chi connectivity index (χ1) is 14.3. The highest BCUT2D eigenvalue weighted by Crippen LogP contribution is 2.33. The zero-order valence-corrected chi connectivity index (χ0v) is 17.6. The quantitative estimate of drug-likeness (QED) is 0.411. The minimum atomic E-state index is -3.33. The van der Waals surface area contributed by atoms with Crippen LogP contribution in [0.3, 0.4) is 0 Å². The maximum absolute atomic E-state index is 12.9. The number of rotatable bonds is 4. The van der Waals surface area contributed by atoms with Crippen molar-refractivity contribution in [1.29, 1.82) is 0 Å². The van der Waals surface area contributed by atoms with Crippen LogP contribution in [0.5, 0.6) is 0 Å². The van der Waals surface area contributed by atoms with Crippen LogP contribution < -0.4 is 5.43 Å². The molecular weight excluding hydrogens is 420 g/mol. The van der Waals surface area contributed by atoms with Gasteiger partial charge in [0, 0.05) is 11.8 Å². The third-order valence-corrected chi connectivity index (χ3v) is 6.14. The van der Waals surface area contributed by atoms with E-state index in [-0.39, 0.29) is 15.3 Å². The molecule has 0 unspecified atom stereocenters. The molecule has 30 heavy (non-hydrogen) atoms. The number of sulfone groups is 1. The van der Waals surface area contributed by atoms with Crippen LogP contribution >= 0.6 is 11.6 Å². The second-order valence-electron chi connectivity index (χ2n) is 6.86. The molecule has 0 aliphatic rings. The minimum Gasteiger partial charge on any atom is -0.462 e. The highest BCUT2D eigenvalue weighted by atomic mass is 35.5. The third-order valence-electron chi connectivity index (χ3n) is 4.75. The van der Waals surface area contributed by atoms with Crippen LogP contribution in [0.25, 0.3) is 33.6 Å². The average molecular weight is 437 g/mol. The Balaban J connectivity index is 1.89. The van der Waals surface area contributed by atoms with Gasteiger partial charge in [-0.2, -0.15) is 0 Å². The van der Waals surface area contributed by atoms with Crippen molar-refractivity contribution in [2.45, 2.75) is 4.90 Å². The van der Waals surface area contributed by atoms with Gasteiger partial charge in [-0.1, -0.05) is 60.1 Å². The summed E-state index contributed by atoms with van der Waals surface area (Å²) in [5, 5.41) is -0.0216. The molecule has 0 aliphatic carbocycles. The van der Waals surface area contributed by atoms with Gasteiger partial charge in [0.1, 0.15) is 17.0 Å². The fraction of sp³-hybridized carbons (Fsp3) is 0.0417. The normalized spacial score (nSPS) is 11.4. The van der Waals surface area contributed by atoms with E-state index in [0.717, 1.165) is 17.4 Å². The van der Waals surface area contributed by atoms with Crippen molar-refractivity contribution in [2.24, 2.45) is 0 Å². The number of hydrogen-bond donors (Lipinski definition) is 0. The van der Waals surface area contributed by atoms with E-state index < -0.39 is 9.84 Å². The summed E-state index contributed by atoms with van der Waals surface area (Å²) in [5.74, 6) is 0.328. The number of halogens is 1. The highest BCUT2D eigenvalue weighted by Gasteiger charge is 2.18. The van der Waals surface area contributed by atoms with Crippen LogP contribution in [-0.4, -0.2) is 14.7 Å². The Labute approximate surface area is 179 Å². The van der Waals surface area contributed by atoms with E-state index >= 15 is 0 Å². The average Bonchev–Trinajstić information content (AvgIpc) is 2.76. The van der Waals surface area contributed by atoms with E-state index in [1.54, 1.807) is 12.1 Å². The molecule has 1 heterocycles. The van der Waals surface area contributed by atoms with Gasteiger partial charge in [-0.25, -0.2) is 8.42 Å². The van der Waals surface area contributed by atoms with Gasteiger partial charge in [0.25, 0.3) is 0 Å². The Morgan fingerprint density at radius 3 is 2.07 bits per heavy atom. The molecule has 0 atom stereocenters. The molecule has 0 aliphatic heterocycles. The van der Waals surface area contributed by atoms with Crippen LogP contribution in [0.1, 0.15) is 0 Å². The monoisotopic (exact) mass is 436 g/mol. The number of benzene rings is 3. The summed E-state index contributed by atoms with van der Waals surface area (Å²) >= 11 is 6.08. The maximum atomic E-state index is 12.9. The molecule has 6 heteroatoms. The van der Waals surface area contributed by atoms with Crippen molar-refractivity contribution in [2.75, 3.05) is 6.26 Å². The second-order valence-corrected chi connectivity index (χ2v) is 9.28. The van der Waals surface area contributed by atoms with Crippen molar-refractivity contribution >= 4 is 21.4 Å². The summed E-state index contributed by atoms with van der Waals surface area (Å²) in [6, 6.07) is 23.6. The van der Waals surface area contributed by atoms with Gasteiger partial charge in [-0.05, 0) is 47.0 Å². The first kappa shape index (κ1) is 20.1. The van der Waals surface area contributed by atoms with E-state index in [0.29, 0.717) is 22.5 Å². The fourth-order valence-corrected chi connectivity index (χ4v) is 4.03. The Kier molecular flexibility index (Phi) is 5.33. The summed E-state index contributed by atoms with van der Waals surface area (Å²) in [5.41, 5.74) is 3.18. The third kappa shape index (κ3) is 3.95. The summed E-state index contributed by atoms with van der Waals surface area (Å²) in [6.45, 7) is 0. The van der Waals surface area contributed by atoms with E-state index in [9.17, 15) is 13.2 Å². The lowest BCUT2D eigenvalue weighted by molar-refractivity contribution is 0.566. The Hall–Kier alpha value is -3.15. The lowest BCUT2D eigenvalue weighted by Gasteiger charge is -2.11. The highest BCUT2D eigenvalue weighted by molar-refractivity contribution is 7.90. The lowest BCUT2D eigenvalue weighted by atomic mass is 9.96. The largest absolute Gasteiger partial charge is 0.462 e. The first-order valence-corrected chi connectivity index (χ1v) is 11.4. The van der Waals surface area contributed by atoms with Crippen molar-refractivity contribution < 1.29 is 12.8 Å². The van der Waals surface area contributed by atoms with E-state index in [4.69, 9.17) is 16.0 Å². The van der Waals surface area contributed by atoms with Gasteiger partial charge in [-0.3, -0.25) is 4.79 Å². The summed E-state index contributed by atoms with van der Waals surface area (Å²) in [4.78, 5) is 13.1.